The molecule has 1 fully saturated rings. The summed E-state index contributed by atoms with van der Waals surface area (Å²) in [6, 6.07) is 4.60. The van der Waals surface area contributed by atoms with E-state index in [0.29, 0.717) is 19.1 Å². The van der Waals surface area contributed by atoms with Crippen LogP contribution in [0, 0.1) is 12.3 Å². The molecule has 7 nitrogen and oxygen atoms in total. The van der Waals surface area contributed by atoms with Crippen LogP contribution in [0.25, 0.3) is 0 Å². The van der Waals surface area contributed by atoms with Crippen molar-refractivity contribution in [3.63, 3.8) is 0 Å². The van der Waals surface area contributed by atoms with Crippen LogP contribution in [0.5, 0.6) is 0 Å². The van der Waals surface area contributed by atoms with Gasteiger partial charge in [0, 0.05) is 43.8 Å². The number of carbonyl (C=O) groups excluding carboxylic acids is 1. The van der Waals surface area contributed by atoms with E-state index in [9.17, 15) is 4.79 Å². The molecule has 0 unspecified atom stereocenters. The van der Waals surface area contributed by atoms with E-state index in [1.165, 1.54) is 5.56 Å². The van der Waals surface area contributed by atoms with Gasteiger partial charge >= 0.3 is 0 Å². The number of rotatable bonds is 6. The number of nitrogens with zero attached hydrogens (tertiary/aromatic N) is 3. The van der Waals surface area contributed by atoms with Gasteiger partial charge in [0.1, 0.15) is 5.82 Å². The lowest BCUT2D eigenvalue weighted by Crippen LogP contribution is -2.49. The first-order valence-corrected chi connectivity index (χ1v) is 10.3. The van der Waals surface area contributed by atoms with Crippen molar-refractivity contribution in [1.82, 2.24) is 20.9 Å². The molecule has 3 N–H and O–H groups in total. The van der Waals surface area contributed by atoms with Crippen LogP contribution in [0.1, 0.15) is 46.1 Å². The highest BCUT2D eigenvalue weighted by Crippen LogP contribution is 2.18. The average molecular weight is 389 g/mol. The molecule has 0 bridgehead atoms. The smallest absolute Gasteiger partial charge is 0.225 e. The number of piperidine rings is 1. The summed E-state index contributed by atoms with van der Waals surface area (Å²) in [6.45, 7) is 13.7. The fourth-order valence-electron chi connectivity index (χ4n) is 3.02. The molecular weight excluding hydrogens is 352 g/mol. The number of aryl methyl sites for hydroxylation is 1. The Morgan fingerprint density at radius 2 is 1.96 bits per heavy atom. The molecule has 0 saturated carbocycles. The quantitative estimate of drug-likeness (QED) is 0.395. The molecule has 28 heavy (non-hydrogen) atoms. The third kappa shape index (κ3) is 7.02. The second kappa shape index (κ2) is 10.3. The molecule has 0 spiro atoms. The van der Waals surface area contributed by atoms with Crippen LogP contribution in [-0.4, -0.2) is 55.6 Å². The number of carbonyl (C=O) groups is 1. The fourth-order valence-corrected chi connectivity index (χ4v) is 3.02. The maximum Gasteiger partial charge on any atom is 0.225 e. The Morgan fingerprint density at radius 1 is 1.25 bits per heavy atom. The third-order valence-electron chi connectivity index (χ3n) is 4.75. The van der Waals surface area contributed by atoms with Gasteiger partial charge in [-0.3, -0.25) is 9.79 Å². The van der Waals surface area contributed by atoms with Gasteiger partial charge in [-0.2, -0.15) is 0 Å². The second-order valence-corrected chi connectivity index (χ2v) is 8.37. The lowest BCUT2D eigenvalue weighted by Gasteiger charge is -2.33. The number of hydrogen-bond donors (Lipinski definition) is 3. The molecule has 0 aromatic carbocycles. The van der Waals surface area contributed by atoms with Crippen molar-refractivity contribution in [2.24, 2.45) is 10.4 Å². The third-order valence-corrected chi connectivity index (χ3v) is 4.75. The molecule has 1 aliphatic rings. The Bertz CT molecular complexity index is 642. The normalized spacial score (nSPS) is 16.0. The maximum absolute atomic E-state index is 11.9. The lowest BCUT2D eigenvalue weighted by atomic mass is 9.96. The van der Waals surface area contributed by atoms with Gasteiger partial charge in [-0.15, -0.1) is 0 Å². The molecule has 2 rings (SSSR count). The monoisotopic (exact) mass is 388 g/mol. The van der Waals surface area contributed by atoms with Crippen LogP contribution in [-0.2, 0) is 4.79 Å². The van der Waals surface area contributed by atoms with Gasteiger partial charge < -0.3 is 20.9 Å². The Hall–Kier alpha value is -2.31. The Labute approximate surface area is 169 Å². The van der Waals surface area contributed by atoms with E-state index < -0.39 is 0 Å². The Balaban J connectivity index is 1.79. The van der Waals surface area contributed by atoms with E-state index in [-0.39, 0.29) is 11.3 Å². The van der Waals surface area contributed by atoms with Crippen LogP contribution in [0.3, 0.4) is 0 Å². The number of nitrogens with one attached hydrogen (secondary N) is 3. The minimum atomic E-state index is -0.368. The molecule has 1 amide bonds. The van der Waals surface area contributed by atoms with Gasteiger partial charge in [-0.25, -0.2) is 4.98 Å². The maximum atomic E-state index is 11.9. The highest BCUT2D eigenvalue weighted by Gasteiger charge is 2.21. The minimum absolute atomic E-state index is 0.0535. The van der Waals surface area contributed by atoms with Crippen LogP contribution in [0.4, 0.5) is 5.82 Å². The largest absolute Gasteiger partial charge is 0.357 e. The lowest BCUT2D eigenvalue weighted by molar-refractivity contribution is -0.128. The molecule has 156 valence electrons. The van der Waals surface area contributed by atoms with Gasteiger partial charge in [0.25, 0.3) is 0 Å². The van der Waals surface area contributed by atoms with E-state index in [1.807, 2.05) is 27.0 Å². The van der Waals surface area contributed by atoms with Crippen molar-refractivity contribution < 1.29 is 4.79 Å². The van der Waals surface area contributed by atoms with Crippen molar-refractivity contribution in [1.29, 1.82) is 0 Å². The molecule has 0 aliphatic carbocycles. The van der Waals surface area contributed by atoms with Crippen LogP contribution in [0.2, 0.25) is 0 Å². The van der Waals surface area contributed by atoms with Crippen LogP contribution < -0.4 is 20.9 Å². The molecule has 1 aliphatic heterocycles. The van der Waals surface area contributed by atoms with Gasteiger partial charge in [0.2, 0.25) is 5.91 Å². The highest BCUT2D eigenvalue weighted by atomic mass is 16.2. The molecule has 1 aromatic heterocycles. The summed E-state index contributed by atoms with van der Waals surface area (Å²) in [4.78, 5) is 23.4. The van der Waals surface area contributed by atoms with Crippen molar-refractivity contribution in [2.45, 2.75) is 53.5 Å². The number of aliphatic imine (C=N–C) groups is 1. The summed E-state index contributed by atoms with van der Waals surface area (Å²) in [5, 5.41) is 9.77. The van der Waals surface area contributed by atoms with E-state index in [0.717, 1.165) is 44.3 Å². The zero-order valence-corrected chi connectivity index (χ0v) is 18.0. The van der Waals surface area contributed by atoms with Gasteiger partial charge in [-0.05, 0) is 38.3 Å². The van der Waals surface area contributed by atoms with Gasteiger partial charge in [0.15, 0.2) is 5.96 Å². The molecular formula is C21H36N6O. The fraction of sp³-hybridized carbons (Fsp3) is 0.667. The summed E-state index contributed by atoms with van der Waals surface area (Å²) < 4.78 is 0. The van der Waals surface area contributed by atoms with Crippen LogP contribution in [0.15, 0.2) is 23.3 Å². The first kappa shape index (κ1) is 22.0. The number of anilines is 1. The average Bonchev–Trinajstić information content (AvgIpc) is 2.65. The number of amides is 1. The van der Waals surface area contributed by atoms with Crippen molar-refractivity contribution in [2.75, 3.05) is 37.6 Å². The molecule has 0 atom stereocenters. The molecule has 7 heteroatoms. The summed E-state index contributed by atoms with van der Waals surface area (Å²) in [7, 11) is 0. The Morgan fingerprint density at radius 3 is 2.54 bits per heavy atom. The molecule has 0 radical (unpaired) electrons. The zero-order valence-electron chi connectivity index (χ0n) is 18.0. The number of pyridine rings is 1. The van der Waals surface area contributed by atoms with E-state index in [2.05, 4.69) is 56.8 Å². The number of hydrogen-bond acceptors (Lipinski definition) is 4. The van der Waals surface area contributed by atoms with E-state index >= 15 is 0 Å². The summed E-state index contributed by atoms with van der Waals surface area (Å²) in [6.07, 6.45) is 4.01. The molecule has 1 saturated heterocycles. The van der Waals surface area contributed by atoms with Crippen LogP contribution >= 0.6 is 0 Å². The highest BCUT2D eigenvalue weighted by molar-refractivity contribution is 5.81. The minimum Gasteiger partial charge on any atom is -0.357 e. The first-order chi connectivity index (χ1) is 13.3. The van der Waals surface area contributed by atoms with E-state index in [1.54, 1.807) is 0 Å². The van der Waals surface area contributed by atoms with E-state index in [4.69, 9.17) is 0 Å². The Kier molecular flexibility index (Phi) is 8.08. The number of aromatic nitrogens is 1. The first-order valence-electron chi connectivity index (χ1n) is 10.3. The number of guanidine groups is 1. The topological polar surface area (TPSA) is 81.6 Å². The predicted molar refractivity (Wildman–Crippen MR) is 116 cm³/mol. The summed E-state index contributed by atoms with van der Waals surface area (Å²) in [5.74, 6) is 1.93. The van der Waals surface area contributed by atoms with Gasteiger partial charge in [0.05, 0.1) is 6.54 Å². The second-order valence-electron chi connectivity index (χ2n) is 8.37. The standard InChI is InChI=1S/C21H36N6O/c1-6-22-20(24-12-11-23-19(28)21(3,4)5)26-17-9-13-27(14-10-17)18-8-7-16(2)15-25-18/h7-8,15,17H,6,9-14H2,1-5H3,(H,23,28)(H2,22,24,26). The molecule has 2 heterocycles. The predicted octanol–water partition coefficient (Wildman–Crippen LogP) is 2.08. The zero-order chi connectivity index (χ0) is 20.6. The summed E-state index contributed by atoms with van der Waals surface area (Å²) in [5.41, 5.74) is 0.817. The molecule has 1 aromatic rings. The van der Waals surface area contributed by atoms with Crippen molar-refractivity contribution in [3.8, 4) is 0 Å². The van der Waals surface area contributed by atoms with Gasteiger partial charge in [-0.1, -0.05) is 26.8 Å². The summed E-state index contributed by atoms with van der Waals surface area (Å²) >= 11 is 0. The SMILES string of the molecule is CCNC(=NCCNC(=O)C(C)(C)C)NC1CCN(c2ccc(C)cn2)CC1. The van der Waals surface area contributed by atoms with Crippen molar-refractivity contribution in [3.05, 3.63) is 23.9 Å². The van der Waals surface area contributed by atoms with Crippen molar-refractivity contribution >= 4 is 17.7 Å².